The van der Waals surface area contributed by atoms with E-state index in [0.717, 1.165) is 38.5 Å². The minimum absolute atomic E-state index is 0.0693. The third-order valence-electron chi connectivity index (χ3n) is 13.3. The number of hydrogen-bond acceptors (Lipinski definition) is 3. The van der Waals surface area contributed by atoms with Crippen molar-refractivity contribution in [2.75, 3.05) is 6.61 Å². The lowest BCUT2D eigenvalue weighted by Gasteiger charge is -2.19. The number of nitrogens with one attached hydrogen (secondary N) is 1. The molecule has 0 aromatic heterocycles. The fourth-order valence-corrected chi connectivity index (χ4v) is 8.87. The van der Waals surface area contributed by atoms with Crippen molar-refractivity contribution in [2.24, 2.45) is 0 Å². The van der Waals surface area contributed by atoms with E-state index < -0.39 is 12.1 Å². The van der Waals surface area contributed by atoms with Crippen LogP contribution in [0.25, 0.3) is 0 Å². The molecule has 0 aromatic carbocycles. The standard InChI is InChI=1S/C60H113NO3/c1-3-5-7-9-11-13-15-17-19-21-23-25-26-27-28-29-30-31-32-33-34-36-38-40-42-44-46-48-50-52-54-56-60(64)61-58(57-62)59(63)55-53-51-49-47-45-43-41-39-37-35-24-22-20-18-16-14-12-10-8-6-4-2/h15,17,21,23,45,47,53,55,58-59,62-63H,3-14,16,18-20,22,24-44,46,48-52,54,56-57H2,1-2H3,(H,61,64)/b17-15-,23-21-,47-45+,55-53+. The first kappa shape index (κ1) is 62.4. The maximum Gasteiger partial charge on any atom is 0.220 e. The fraction of sp³-hybridized carbons (Fsp3) is 0.850. The summed E-state index contributed by atoms with van der Waals surface area (Å²) in [5.74, 6) is -0.0693. The Morgan fingerprint density at radius 3 is 1.00 bits per heavy atom. The molecule has 0 radical (unpaired) electrons. The quantitative estimate of drug-likeness (QED) is 0.0421. The van der Waals surface area contributed by atoms with Gasteiger partial charge in [0, 0.05) is 6.42 Å². The Hall–Kier alpha value is -1.65. The molecule has 0 fully saturated rings. The number of unbranched alkanes of at least 4 members (excludes halogenated alkanes) is 40. The summed E-state index contributed by atoms with van der Waals surface area (Å²) in [5.41, 5.74) is 0. The normalized spacial score (nSPS) is 13.1. The van der Waals surface area contributed by atoms with Crippen molar-refractivity contribution in [1.29, 1.82) is 0 Å². The summed E-state index contributed by atoms with van der Waals surface area (Å²) in [6, 6.07) is -0.639. The highest BCUT2D eigenvalue weighted by Gasteiger charge is 2.18. The third kappa shape index (κ3) is 51.3. The zero-order valence-electron chi connectivity index (χ0n) is 43.3. The number of amides is 1. The second-order valence-electron chi connectivity index (χ2n) is 19.7. The molecule has 64 heavy (non-hydrogen) atoms. The van der Waals surface area contributed by atoms with E-state index in [2.05, 4.69) is 55.6 Å². The molecule has 0 aliphatic carbocycles. The number of allylic oxidation sites excluding steroid dienone is 7. The van der Waals surface area contributed by atoms with Crippen LogP contribution >= 0.6 is 0 Å². The van der Waals surface area contributed by atoms with Crippen LogP contribution in [0, 0.1) is 0 Å². The van der Waals surface area contributed by atoms with E-state index in [1.165, 1.54) is 250 Å². The SMILES string of the molecule is CCCCCCC/C=C\C/C=C\CCCCCCCCCCCCCCCCCCCCCC(=O)NC(CO)C(O)/C=C/CC/C=C/CCCCCCCCCCCCCCCCC. The molecule has 0 heterocycles. The van der Waals surface area contributed by atoms with Crippen molar-refractivity contribution in [3.05, 3.63) is 48.6 Å². The lowest BCUT2D eigenvalue weighted by atomic mass is 10.0. The van der Waals surface area contributed by atoms with Gasteiger partial charge in [-0.2, -0.15) is 0 Å². The summed E-state index contributed by atoms with van der Waals surface area (Å²) >= 11 is 0. The molecule has 0 saturated carbocycles. The van der Waals surface area contributed by atoms with Gasteiger partial charge >= 0.3 is 0 Å². The smallest absolute Gasteiger partial charge is 0.220 e. The minimum Gasteiger partial charge on any atom is -0.394 e. The van der Waals surface area contributed by atoms with Crippen LogP contribution in [0.1, 0.15) is 309 Å². The van der Waals surface area contributed by atoms with Crippen LogP contribution in [0.3, 0.4) is 0 Å². The van der Waals surface area contributed by atoms with E-state index >= 15 is 0 Å². The van der Waals surface area contributed by atoms with E-state index in [-0.39, 0.29) is 12.5 Å². The van der Waals surface area contributed by atoms with Gasteiger partial charge in [-0.25, -0.2) is 0 Å². The molecular formula is C60H113NO3. The molecule has 1 amide bonds. The number of carbonyl (C=O) groups is 1. The molecule has 4 nitrogen and oxygen atoms in total. The van der Waals surface area contributed by atoms with Gasteiger partial charge < -0.3 is 15.5 Å². The maximum absolute atomic E-state index is 12.5. The van der Waals surface area contributed by atoms with Gasteiger partial charge in [-0.1, -0.05) is 287 Å². The van der Waals surface area contributed by atoms with E-state index in [4.69, 9.17) is 0 Å². The van der Waals surface area contributed by atoms with Crippen LogP contribution in [0.5, 0.6) is 0 Å². The van der Waals surface area contributed by atoms with Crippen molar-refractivity contribution < 1.29 is 15.0 Å². The summed E-state index contributed by atoms with van der Waals surface area (Å²) in [4.78, 5) is 12.5. The molecule has 4 heteroatoms. The van der Waals surface area contributed by atoms with Crippen LogP contribution in [0.4, 0.5) is 0 Å². The number of rotatable bonds is 53. The first-order valence-corrected chi connectivity index (χ1v) is 28.9. The summed E-state index contributed by atoms with van der Waals surface area (Å²) in [6.07, 6.45) is 77.1. The number of carbonyl (C=O) groups excluding carboxylic acids is 1. The zero-order chi connectivity index (χ0) is 46.3. The van der Waals surface area contributed by atoms with Crippen LogP contribution in [0.2, 0.25) is 0 Å². The first-order chi connectivity index (χ1) is 31.7. The molecule has 2 unspecified atom stereocenters. The molecule has 3 N–H and O–H groups in total. The Morgan fingerprint density at radius 1 is 0.375 bits per heavy atom. The molecule has 0 rings (SSSR count). The van der Waals surface area contributed by atoms with E-state index in [1.54, 1.807) is 6.08 Å². The molecule has 0 bridgehead atoms. The van der Waals surface area contributed by atoms with Gasteiger partial charge in [-0.05, 0) is 64.2 Å². The Morgan fingerprint density at radius 2 is 0.656 bits per heavy atom. The molecule has 0 spiro atoms. The highest BCUT2D eigenvalue weighted by molar-refractivity contribution is 5.76. The molecule has 0 aliphatic rings. The predicted octanol–water partition coefficient (Wildman–Crippen LogP) is 19.0. The summed E-state index contributed by atoms with van der Waals surface area (Å²) < 4.78 is 0. The van der Waals surface area contributed by atoms with Crippen molar-refractivity contribution in [3.8, 4) is 0 Å². The predicted molar refractivity (Wildman–Crippen MR) is 285 cm³/mol. The Balaban J connectivity index is 3.49. The van der Waals surface area contributed by atoms with Crippen molar-refractivity contribution in [3.63, 3.8) is 0 Å². The molecule has 376 valence electrons. The average molecular weight is 897 g/mol. The number of aliphatic hydroxyl groups is 2. The monoisotopic (exact) mass is 896 g/mol. The van der Waals surface area contributed by atoms with Gasteiger partial charge in [-0.3, -0.25) is 4.79 Å². The highest BCUT2D eigenvalue weighted by atomic mass is 16.3. The average Bonchev–Trinajstić information content (AvgIpc) is 3.30. The van der Waals surface area contributed by atoms with E-state index in [0.29, 0.717) is 6.42 Å². The summed E-state index contributed by atoms with van der Waals surface area (Å²) in [6.45, 7) is 4.31. The highest BCUT2D eigenvalue weighted by Crippen LogP contribution is 2.17. The fourth-order valence-electron chi connectivity index (χ4n) is 8.87. The molecule has 0 aliphatic heterocycles. The van der Waals surface area contributed by atoms with Crippen molar-refractivity contribution >= 4 is 5.91 Å². The van der Waals surface area contributed by atoms with Crippen LogP contribution in [-0.2, 0) is 4.79 Å². The molecule has 2 atom stereocenters. The Bertz CT molecular complexity index is 1020. The van der Waals surface area contributed by atoms with Gasteiger partial charge in [-0.15, -0.1) is 0 Å². The van der Waals surface area contributed by atoms with Gasteiger partial charge in [0.15, 0.2) is 0 Å². The van der Waals surface area contributed by atoms with E-state index in [1.807, 2.05) is 6.08 Å². The zero-order valence-corrected chi connectivity index (χ0v) is 43.3. The first-order valence-electron chi connectivity index (χ1n) is 28.9. The van der Waals surface area contributed by atoms with Crippen LogP contribution in [-0.4, -0.2) is 34.9 Å². The van der Waals surface area contributed by atoms with Crippen molar-refractivity contribution in [1.82, 2.24) is 5.32 Å². The van der Waals surface area contributed by atoms with Gasteiger partial charge in [0.1, 0.15) is 0 Å². The van der Waals surface area contributed by atoms with Crippen molar-refractivity contribution in [2.45, 2.75) is 321 Å². The number of aliphatic hydroxyl groups excluding tert-OH is 2. The minimum atomic E-state index is -0.862. The Labute approximate surface area is 401 Å². The van der Waals surface area contributed by atoms with E-state index in [9.17, 15) is 15.0 Å². The van der Waals surface area contributed by atoms with Crippen LogP contribution < -0.4 is 5.32 Å². The third-order valence-corrected chi connectivity index (χ3v) is 13.3. The Kier molecular flexibility index (Phi) is 54.2. The summed E-state index contributed by atoms with van der Waals surface area (Å²) in [7, 11) is 0. The maximum atomic E-state index is 12.5. The lowest BCUT2D eigenvalue weighted by molar-refractivity contribution is -0.123. The molecular weight excluding hydrogens is 783 g/mol. The molecule has 0 aromatic rings. The lowest BCUT2D eigenvalue weighted by Crippen LogP contribution is -2.45. The topological polar surface area (TPSA) is 69.6 Å². The second kappa shape index (κ2) is 55.7. The van der Waals surface area contributed by atoms with Gasteiger partial charge in [0.05, 0.1) is 18.8 Å². The van der Waals surface area contributed by atoms with Crippen LogP contribution in [0.15, 0.2) is 48.6 Å². The largest absolute Gasteiger partial charge is 0.394 e. The van der Waals surface area contributed by atoms with Gasteiger partial charge in [0.25, 0.3) is 0 Å². The van der Waals surface area contributed by atoms with Gasteiger partial charge in [0.2, 0.25) is 5.91 Å². The molecule has 0 saturated heterocycles. The second-order valence-corrected chi connectivity index (χ2v) is 19.7. The number of hydrogen-bond donors (Lipinski definition) is 3. The summed E-state index contributed by atoms with van der Waals surface area (Å²) in [5, 5.41) is 23.2.